The predicted molar refractivity (Wildman–Crippen MR) is 168 cm³/mol. The lowest BCUT2D eigenvalue weighted by molar-refractivity contribution is -0.137. The van der Waals surface area contributed by atoms with Gasteiger partial charge in [0.05, 0.1) is 24.5 Å². The summed E-state index contributed by atoms with van der Waals surface area (Å²) in [6.45, 7) is 11.1. The van der Waals surface area contributed by atoms with Gasteiger partial charge in [0.1, 0.15) is 17.3 Å². The highest BCUT2D eigenvalue weighted by Crippen LogP contribution is 2.42. The van der Waals surface area contributed by atoms with Gasteiger partial charge in [0, 0.05) is 37.8 Å². The van der Waals surface area contributed by atoms with Gasteiger partial charge in [-0.2, -0.15) is 22.7 Å². The number of benzene rings is 1. The lowest BCUT2D eigenvalue weighted by atomic mass is 10.0. The Balaban J connectivity index is 1.39. The van der Waals surface area contributed by atoms with E-state index in [-0.39, 0.29) is 28.5 Å². The summed E-state index contributed by atoms with van der Waals surface area (Å²) in [6, 6.07) is 2.35. The van der Waals surface area contributed by atoms with Crippen LogP contribution in [0.2, 0.25) is 0 Å². The molecule has 2 aromatic heterocycles. The second-order valence-electron chi connectivity index (χ2n) is 13.2. The van der Waals surface area contributed by atoms with Gasteiger partial charge in [0.2, 0.25) is 11.7 Å². The first-order chi connectivity index (χ1) is 22.1. The van der Waals surface area contributed by atoms with E-state index in [2.05, 4.69) is 10.4 Å². The molecule has 0 bridgehead atoms. The molecule has 1 aromatic carbocycles. The highest BCUT2D eigenvalue weighted by molar-refractivity contribution is 5.95. The third-order valence-electron chi connectivity index (χ3n) is 8.67. The van der Waals surface area contributed by atoms with E-state index >= 15 is 0 Å². The van der Waals surface area contributed by atoms with Crippen molar-refractivity contribution >= 4 is 34.7 Å². The smallest absolute Gasteiger partial charge is 0.416 e. The van der Waals surface area contributed by atoms with Crippen LogP contribution in [0.3, 0.4) is 0 Å². The van der Waals surface area contributed by atoms with Gasteiger partial charge in [-0.15, -0.1) is 5.10 Å². The molecule has 0 saturated carbocycles. The van der Waals surface area contributed by atoms with Gasteiger partial charge in [-0.05, 0) is 69.9 Å². The fourth-order valence-electron chi connectivity index (χ4n) is 6.38. The number of aromatic nitrogens is 4. The Hall–Kier alpha value is -4.40. The number of fused-ring (bicyclic) bond motifs is 3. The van der Waals surface area contributed by atoms with Gasteiger partial charge in [-0.1, -0.05) is 13.0 Å². The number of halogens is 3. The number of nitrogens with one attached hydrogen (secondary N) is 1. The molecule has 1 saturated heterocycles. The van der Waals surface area contributed by atoms with Crippen LogP contribution >= 0.6 is 0 Å². The second-order valence-corrected chi connectivity index (χ2v) is 13.2. The third kappa shape index (κ3) is 6.32. The van der Waals surface area contributed by atoms with Crippen LogP contribution < -0.4 is 15.8 Å². The highest BCUT2D eigenvalue weighted by atomic mass is 19.4. The van der Waals surface area contributed by atoms with Gasteiger partial charge in [0.25, 0.3) is 5.56 Å². The minimum atomic E-state index is -4.51. The van der Waals surface area contributed by atoms with Crippen LogP contribution in [0.25, 0.3) is 11.4 Å². The minimum absolute atomic E-state index is 0.206. The number of ether oxygens (including phenoxy) is 2. The van der Waals surface area contributed by atoms with Gasteiger partial charge < -0.3 is 24.6 Å². The first-order valence-corrected chi connectivity index (χ1v) is 15.7. The number of aryl methyl sites for hydroxylation is 1. The van der Waals surface area contributed by atoms with Crippen LogP contribution in [0, 0.1) is 6.92 Å². The monoisotopic (exact) mass is 657 g/mol. The summed E-state index contributed by atoms with van der Waals surface area (Å²) >= 11 is 0. The van der Waals surface area contributed by atoms with E-state index in [1.165, 1.54) is 17.5 Å². The molecule has 2 amide bonds. The number of amides is 2. The molecule has 1 fully saturated rings. The number of hydrogen-bond acceptors (Lipinski definition) is 8. The standard InChI is InChI=1S/C32H38F3N7O5/c1-18-16-21(32(33,34)35)6-7-22(18)36-27(43)23-17-19(2)24-25(39-10-12-40(13-11-39)30(45)47-31(3,4)5)28(44)42-29(41(23)24)37-26(38-42)20-8-14-46-15-9-20/h6-8,16,19,23H,9-15,17H2,1-5H3,(H,36,43)/t19-,23-/m1/s1. The van der Waals surface area contributed by atoms with Crippen LogP contribution in [-0.2, 0) is 20.4 Å². The number of nitrogens with zero attached hydrogens (tertiary/aromatic N) is 6. The summed E-state index contributed by atoms with van der Waals surface area (Å²) < 4.78 is 53.8. The predicted octanol–water partition coefficient (Wildman–Crippen LogP) is 4.77. The lowest BCUT2D eigenvalue weighted by Crippen LogP contribution is -2.51. The largest absolute Gasteiger partial charge is 0.444 e. The number of carbonyl (C=O) groups excluding carboxylic acids is 2. The third-order valence-corrected chi connectivity index (χ3v) is 8.67. The van der Waals surface area contributed by atoms with Crippen molar-refractivity contribution in [2.45, 2.75) is 71.2 Å². The molecule has 5 heterocycles. The summed E-state index contributed by atoms with van der Waals surface area (Å²) in [5, 5.41) is 7.42. The number of hydrogen-bond donors (Lipinski definition) is 1. The maximum Gasteiger partial charge on any atom is 0.416 e. The van der Waals surface area contributed by atoms with E-state index in [0.29, 0.717) is 69.4 Å². The quantitative estimate of drug-likeness (QED) is 0.426. The van der Waals surface area contributed by atoms with Crippen molar-refractivity contribution < 1.29 is 32.2 Å². The van der Waals surface area contributed by atoms with E-state index in [1.54, 1.807) is 30.2 Å². The van der Waals surface area contributed by atoms with Crippen LogP contribution in [0.1, 0.15) is 75.1 Å². The van der Waals surface area contributed by atoms with Crippen molar-refractivity contribution in [2.24, 2.45) is 0 Å². The van der Waals surface area contributed by atoms with Gasteiger partial charge >= 0.3 is 12.3 Å². The highest BCUT2D eigenvalue weighted by Gasteiger charge is 2.41. The zero-order valence-corrected chi connectivity index (χ0v) is 27.0. The van der Waals surface area contributed by atoms with Crippen LogP contribution in [0.15, 0.2) is 29.1 Å². The number of carbonyl (C=O) groups is 2. The van der Waals surface area contributed by atoms with Crippen molar-refractivity contribution in [3.8, 4) is 0 Å². The Kier molecular flexibility index (Phi) is 8.31. The second kappa shape index (κ2) is 12.0. The van der Waals surface area contributed by atoms with E-state index in [1.807, 2.05) is 17.9 Å². The molecular weight excluding hydrogens is 619 g/mol. The van der Waals surface area contributed by atoms with Crippen molar-refractivity contribution in [3.63, 3.8) is 0 Å². The Morgan fingerprint density at radius 3 is 2.45 bits per heavy atom. The zero-order chi connectivity index (χ0) is 33.8. The van der Waals surface area contributed by atoms with Crippen molar-refractivity contribution in [1.82, 2.24) is 24.1 Å². The molecule has 3 aliphatic rings. The summed E-state index contributed by atoms with van der Waals surface area (Å²) in [7, 11) is 0. The first-order valence-electron chi connectivity index (χ1n) is 15.7. The normalized spacial score (nSPS) is 20.3. The Morgan fingerprint density at radius 2 is 1.83 bits per heavy atom. The van der Waals surface area contributed by atoms with E-state index in [9.17, 15) is 27.6 Å². The number of anilines is 2. The summed E-state index contributed by atoms with van der Waals surface area (Å²) in [6.07, 6.45) is -2.18. The molecule has 15 heteroatoms. The van der Waals surface area contributed by atoms with Gasteiger partial charge in [-0.25, -0.2) is 4.79 Å². The number of alkyl halides is 3. The molecular formula is C32H38F3N7O5. The Bertz CT molecular complexity index is 1820. The molecule has 0 unspecified atom stereocenters. The molecule has 12 nitrogen and oxygen atoms in total. The number of piperazine rings is 1. The fraction of sp³-hybridized carbons (Fsp3) is 0.531. The van der Waals surface area contributed by atoms with Crippen LogP contribution in [-0.4, -0.2) is 81.1 Å². The molecule has 0 spiro atoms. The average molecular weight is 658 g/mol. The van der Waals surface area contributed by atoms with Gasteiger partial charge in [-0.3, -0.25) is 14.2 Å². The molecule has 47 heavy (non-hydrogen) atoms. The van der Waals surface area contributed by atoms with Crippen molar-refractivity contribution in [3.05, 3.63) is 57.3 Å². The summed E-state index contributed by atoms with van der Waals surface area (Å²) in [5.74, 6) is -0.125. The average Bonchev–Trinajstić information content (AvgIpc) is 3.60. The maximum absolute atomic E-state index is 14.2. The van der Waals surface area contributed by atoms with Crippen molar-refractivity contribution in [2.75, 3.05) is 49.6 Å². The Morgan fingerprint density at radius 1 is 1.11 bits per heavy atom. The SMILES string of the molecule is Cc1cc(C(F)(F)F)ccc1NC(=O)[C@H]1C[C@@H](C)c2c(N3CCN(C(=O)OC(C)(C)C)CC3)c(=O)n3nc(C4=CCOCC4)nc3n21. The molecule has 1 N–H and O–H groups in total. The van der Waals surface area contributed by atoms with E-state index in [0.717, 1.165) is 17.7 Å². The summed E-state index contributed by atoms with van der Waals surface area (Å²) in [5.41, 5.74) is 0.529. The zero-order valence-electron chi connectivity index (χ0n) is 27.0. The van der Waals surface area contributed by atoms with Gasteiger partial charge in [0.15, 0.2) is 5.82 Å². The maximum atomic E-state index is 14.2. The Labute approximate surface area is 269 Å². The lowest BCUT2D eigenvalue weighted by Gasteiger charge is -2.37. The molecule has 3 aromatic rings. The minimum Gasteiger partial charge on any atom is -0.444 e. The molecule has 3 aliphatic heterocycles. The molecule has 0 radical (unpaired) electrons. The van der Waals surface area contributed by atoms with E-state index in [4.69, 9.17) is 14.5 Å². The topological polar surface area (TPSA) is 123 Å². The molecule has 6 rings (SSSR count). The summed E-state index contributed by atoms with van der Waals surface area (Å²) in [4.78, 5) is 49.2. The van der Waals surface area contributed by atoms with E-state index < -0.39 is 35.4 Å². The van der Waals surface area contributed by atoms with Crippen molar-refractivity contribution in [1.29, 1.82) is 0 Å². The van der Waals surface area contributed by atoms with Crippen LogP contribution in [0.4, 0.5) is 29.3 Å². The molecule has 2 atom stereocenters. The molecule has 0 aliphatic carbocycles. The van der Waals surface area contributed by atoms with Crippen LogP contribution in [0.5, 0.6) is 0 Å². The molecule has 252 valence electrons. The first kappa shape index (κ1) is 32.5. The fourth-order valence-corrected chi connectivity index (χ4v) is 6.38. The number of rotatable bonds is 4.